The van der Waals surface area contributed by atoms with Gasteiger partial charge in [0, 0.05) is 22.3 Å². The zero-order valence-electron chi connectivity index (χ0n) is 12.1. The summed E-state index contributed by atoms with van der Waals surface area (Å²) < 4.78 is 0. The SMILES string of the molecule is CCC(Cc1ccccc1)NCc1cc(C)c(C)s1. The Morgan fingerprint density at radius 2 is 1.89 bits per heavy atom. The lowest BCUT2D eigenvalue weighted by atomic mass is 10.0. The van der Waals surface area contributed by atoms with E-state index in [0.717, 1.165) is 19.4 Å². The molecular formula is C17H23NS. The normalized spacial score (nSPS) is 12.6. The van der Waals surface area contributed by atoms with Crippen molar-refractivity contribution in [1.29, 1.82) is 0 Å². The van der Waals surface area contributed by atoms with E-state index in [-0.39, 0.29) is 0 Å². The van der Waals surface area contributed by atoms with Crippen molar-refractivity contribution >= 4 is 11.3 Å². The van der Waals surface area contributed by atoms with Crippen molar-refractivity contribution in [1.82, 2.24) is 5.32 Å². The van der Waals surface area contributed by atoms with Gasteiger partial charge in [-0.25, -0.2) is 0 Å². The number of thiophene rings is 1. The third-order valence-electron chi connectivity index (χ3n) is 3.60. The Bertz CT molecular complexity index is 482. The molecule has 0 bridgehead atoms. The molecule has 1 aromatic carbocycles. The maximum atomic E-state index is 3.69. The molecule has 102 valence electrons. The lowest BCUT2D eigenvalue weighted by Gasteiger charge is -2.16. The first kappa shape index (κ1) is 14.3. The smallest absolute Gasteiger partial charge is 0.0302 e. The fraction of sp³-hybridized carbons (Fsp3) is 0.412. The molecule has 0 radical (unpaired) electrons. The zero-order valence-corrected chi connectivity index (χ0v) is 12.9. The van der Waals surface area contributed by atoms with Crippen LogP contribution in [0.2, 0.25) is 0 Å². The quantitative estimate of drug-likeness (QED) is 0.818. The van der Waals surface area contributed by atoms with Crippen LogP contribution in [-0.2, 0) is 13.0 Å². The fourth-order valence-corrected chi connectivity index (χ4v) is 3.25. The first-order valence-electron chi connectivity index (χ1n) is 7.02. The minimum atomic E-state index is 0.560. The lowest BCUT2D eigenvalue weighted by molar-refractivity contribution is 0.497. The van der Waals surface area contributed by atoms with E-state index in [9.17, 15) is 0 Å². The molecular weight excluding hydrogens is 250 g/mol. The Morgan fingerprint density at radius 1 is 1.16 bits per heavy atom. The van der Waals surface area contributed by atoms with Gasteiger partial charge in [0.05, 0.1) is 0 Å². The standard InChI is InChI=1S/C17H23NS/c1-4-16(11-15-8-6-5-7-9-15)18-12-17-10-13(2)14(3)19-17/h5-10,16,18H,4,11-12H2,1-3H3. The second-order valence-corrected chi connectivity index (χ2v) is 6.47. The summed E-state index contributed by atoms with van der Waals surface area (Å²) in [5.41, 5.74) is 2.83. The summed E-state index contributed by atoms with van der Waals surface area (Å²) in [5.74, 6) is 0. The Morgan fingerprint density at radius 3 is 2.47 bits per heavy atom. The van der Waals surface area contributed by atoms with E-state index >= 15 is 0 Å². The maximum Gasteiger partial charge on any atom is 0.0302 e. The predicted molar refractivity (Wildman–Crippen MR) is 84.9 cm³/mol. The first-order chi connectivity index (χ1) is 9.19. The van der Waals surface area contributed by atoms with Crippen LogP contribution in [0.5, 0.6) is 0 Å². The summed E-state index contributed by atoms with van der Waals surface area (Å²) in [7, 11) is 0. The van der Waals surface area contributed by atoms with E-state index < -0.39 is 0 Å². The van der Waals surface area contributed by atoms with Crippen LogP contribution in [0.15, 0.2) is 36.4 Å². The molecule has 1 aromatic heterocycles. The van der Waals surface area contributed by atoms with Crippen LogP contribution in [-0.4, -0.2) is 6.04 Å². The van der Waals surface area contributed by atoms with Crippen molar-refractivity contribution in [2.45, 2.75) is 46.2 Å². The molecule has 0 spiro atoms. The van der Waals surface area contributed by atoms with Gasteiger partial charge in [0.1, 0.15) is 0 Å². The largest absolute Gasteiger partial charge is 0.309 e. The molecule has 0 aliphatic rings. The Balaban J connectivity index is 1.89. The minimum Gasteiger partial charge on any atom is -0.309 e. The average molecular weight is 273 g/mol. The van der Waals surface area contributed by atoms with E-state index in [1.165, 1.54) is 20.9 Å². The lowest BCUT2D eigenvalue weighted by Crippen LogP contribution is -2.29. The molecule has 2 aromatic rings. The highest BCUT2D eigenvalue weighted by Crippen LogP contribution is 2.20. The van der Waals surface area contributed by atoms with E-state index in [1.807, 2.05) is 11.3 Å². The van der Waals surface area contributed by atoms with Crippen molar-refractivity contribution in [3.8, 4) is 0 Å². The van der Waals surface area contributed by atoms with Gasteiger partial charge in [0.25, 0.3) is 0 Å². The molecule has 1 unspecified atom stereocenters. The van der Waals surface area contributed by atoms with Gasteiger partial charge < -0.3 is 5.32 Å². The molecule has 2 rings (SSSR count). The molecule has 2 heteroatoms. The molecule has 0 fully saturated rings. The first-order valence-corrected chi connectivity index (χ1v) is 7.84. The fourth-order valence-electron chi connectivity index (χ4n) is 2.24. The van der Waals surface area contributed by atoms with E-state index in [1.54, 1.807) is 0 Å². The molecule has 0 aliphatic carbocycles. The third-order valence-corrected chi connectivity index (χ3v) is 4.75. The van der Waals surface area contributed by atoms with Crippen LogP contribution in [0.25, 0.3) is 0 Å². The summed E-state index contributed by atoms with van der Waals surface area (Å²) in [6.45, 7) is 7.64. The minimum absolute atomic E-state index is 0.560. The number of rotatable bonds is 6. The van der Waals surface area contributed by atoms with Gasteiger partial charge in [-0.2, -0.15) is 0 Å². The second-order valence-electron chi connectivity index (χ2n) is 5.13. The highest BCUT2D eigenvalue weighted by atomic mass is 32.1. The van der Waals surface area contributed by atoms with Crippen LogP contribution in [0.1, 0.15) is 34.2 Å². The summed E-state index contributed by atoms with van der Waals surface area (Å²) in [5, 5.41) is 3.69. The van der Waals surface area contributed by atoms with E-state index in [0.29, 0.717) is 6.04 Å². The maximum absolute atomic E-state index is 3.69. The zero-order chi connectivity index (χ0) is 13.7. The monoisotopic (exact) mass is 273 g/mol. The summed E-state index contributed by atoms with van der Waals surface area (Å²) in [4.78, 5) is 2.88. The van der Waals surface area contributed by atoms with Gasteiger partial charge >= 0.3 is 0 Å². The van der Waals surface area contributed by atoms with Gasteiger partial charge in [-0.1, -0.05) is 37.3 Å². The molecule has 0 amide bonds. The van der Waals surface area contributed by atoms with Crippen LogP contribution < -0.4 is 5.32 Å². The van der Waals surface area contributed by atoms with Crippen LogP contribution in [0.3, 0.4) is 0 Å². The van der Waals surface area contributed by atoms with Gasteiger partial charge in [-0.3, -0.25) is 0 Å². The third kappa shape index (κ3) is 4.19. The van der Waals surface area contributed by atoms with Crippen LogP contribution in [0.4, 0.5) is 0 Å². The molecule has 1 heterocycles. The molecule has 1 atom stereocenters. The Hall–Kier alpha value is -1.12. The second kappa shape index (κ2) is 6.88. The van der Waals surface area contributed by atoms with Gasteiger partial charge in [-0.15, -0.1) is 11.3 Å². The van der Waals surface area contributed by atoms with Crippen LogP contribution in [0, 0.1) is 13.8 Å². The van der Waals surface area contributed by atoms with Crippen molar-refractivity contribution in [3.63, 3.8) is 0 Å². The highest BCUT2D eigenvalue weighted by Gasteiger charge is 2.08. The number of aryl methyl sites for hydroxylation is 2. The Kier molecular flexibility index (Phi) is 5.17. The topological polar surface area (TPSA) is 12.0 Å². The highest BCUT2D eigenvalue weighted by molar-refractivity contribution is 7.12. The Labute approximate surface area is 120 Å². The molecule has 19 heavy (non-hydrogen) atoms. The van der Waals surface area contributed by atoms with E-state index in [2.05, 4.69) is 62.5 Å². The van der Waals surface area contributed by atoms with Crippen LogP contribution >= 0.6 is 11.3 Å². The van der Waals surface area contributed by atoms with Crippen molar-refractivity contribution in [2.24, 2.45) is 0 Å². The van der Waals surface area contributed by atoms with Gasteiger partial charge in [-0.05, 0) is 43.9 Å². The van der Waals surface area contributed by atoms with Crippen molar-refractivity contribution in [2.75, 3.05) is 0 Å². The van der Waals surface area contributed by atoms with Gasteiger partial charge in [0.2, 0.25) is 0 Å². The summed E-state index contributed by atoms with van der Waals surface area (Å²) >= 11 is 1.91. The van der Waals surface area contributed by atoms with Gasteiger partial charge in [0.15, 0.2) is 0 Å². The summed E-state index contributed by atoms with van der Waals surface area (Å²) in [6, 6.07) is 13.6. The average Bonchev–Trinajstić information content (AvgIpc) is 2.75. The van der Waals surface area contributed by atoms with Crippen molar-refractivity contribution < 1.29 is 0 Å². The van der Waals surface area contributed by atoms with E-state index in [4.69, 9.17) is 0 Å². The number of hydrogen-bond donors (Lipinski definition) is 1. The number of benzene rings is 1. The predicted octanol–water partition coefficient (Wildman–Crippen LogP) is 4.48. The molecule has 0 saturated heterocycles. The molecule has 0 aliphatic heterocycles. The van der Waals surface area contributed by atoms with Crippen molar-refractivity contribution in [3.05, 3.63) is 57.3 Å². The number of nitrogens with one attached hydrogen (secondary N) is 1. The molecule has 1 N–H and O–H groups in total. The molecule has 1 nitrogen and oxygen atoms in total. The summed E-state index contributed by atoms with van der Waals surface area (Å²) in [6.07, 6.45) is 2.28. The number of hydrogen-bond acceptors (Lipinski definition) is 2. The molecule has 0 saturated carbocycles.